The summed E-state index contributed by atoms with van der Waals surface area (Å²) >= 11 is 0. The van der Waals surface area contributed by atoms with E-state index in [9.17, 15) is 4.79 Å². The van der Waals surface area contributed by atoms with Gasteiger partial charge in [0.15, 0.2) is 0 Å². The van der Waals surface area contributed by atoms with Crippen LogP contribution in [0.4, 0.5) is 0 Å². The summed E-state index contributed by atoms with van der Waals surface area (Å²) in [5, 5.41) is 8.49. The molecule has 0 aromatic rings. The van der Waals surface area contributed by atoms with Gasteiger partial charge in [0.05, 0.1) is 6.10 Å². The van der Waals surface area contributed by atoms with Crippen LogP contribution in [0.3, 0.4) is 0 Å². The van der Waals surface area contributed by atoms with E-state index in [0.29, 0.717) is 0 Å². The van der Waals surface area contributed by atoms with Crippen LogP contribution in [0.25, 0.3) is 0 Å². The molecule has 2 fully saturated rings. The predicted molar refractivity (Wildman–Crippen MR) is 45.1 cm³/mol. The lowest BCUT2D eigenvalue weighted by Crippen LogP contribution is -2.30. The standard InChI is InChI=1S/C9H15NO3/c1-6-4-9(2-3-13-6)5-7(9)8(11)10-12/h6-7,12H,2-5H2,1H3,(H,10,11). The first-order chi connectivity index (χ1) is 6.18. The van der Waals surface area contributed by atoms with Gasteiger partial charge >= 0.3 is 0 Å². The fourth-order valence-corrected chi connectivity index (χ4v) is 2.50. The molecular weight excluding hydrogens is 170 g/mol. The summed E-state index contributed by atoms with van der Waals surface area (Å²) in [7, 11) is 0. The van der Waals surface area contributed by atoms with Crippen molar-refractivity contribution in [3.8, 4) is 0 Å². The number of carbonyl (C=O) groups excluding carboxylic acids is 1. The van der Waals surface area contributed by atoms with Gasteiger partial charge in [-0.15, -0.1) is 0 Å². The minimum atomic E-state index is -0.228. The number of carbonyl (C=O) groups is 1. The van der Waals surface area contributed by atoms with Crippen molar-refractivity contribution in [2.24, 2.45) is 11.3 Å². The smallest absolute Gasteiger partial charge is 0.247 e. The lowest BCUT2D eigenvalue weighted by molar-refractivity contribution is -0.132. The van der Waals surface area contributed by atoms with Crippen molar-refractivity contribution in [2.45, 2.75) is 32.3 Å². The molecule has 4 heteroatoms. The minimum Gasteiger partial charge on any atom is -0.378 e. The summed E-state index contributed by atoms with van der Waals surface area (Å²) in [5.41, 5.74) is 1.88. The van der Waals surface area contributed by atoms with Gasteiger partial charge in [0.25, 0.3) is 0 Å². The number of nitrogens with one attached hydrogen (secondary N) is 1. The van der Waals surface area contributed by atoms with Crippen molar-refractivity contribution in [2.75, 3.05) is 6.61 Å². The van der Waals surface area contributed by atoms with Crippen LogP contribution in [0.2, 0.25) is 0 Å². The quantitative estimate of drug-likeness (QED) is 0.467. The molecule has 3 atom stereocenters. The Morgan fingerprint density at radius 2 is 2.38 bits per heavy atom. The van der Waals surface area contributed by atoms with Gasteiger partial charge in [0.1, 0.15) is 0 Å². The van der Waals surface area contributed by atoms with Crippen LogP contribution in [-0.4, -0.2) is 23.8 Å². The zero-order valence-electron chi connectivity index (χ0n) is 7.75. The molecule has 2 rings (SSSR count). The zero-order chi connectivity index (χ0) is 9.47. The second-order valence-electron chi connectivity index (χ2n) is 4.23. The Bertz CT molecular complexity index is 231. The highest BCUT2D eigenvalue weighted by molar-refractivity contribution is 5.81. The molecule has 1 spiro atoms. The Kier molecular flexibility index (Phi) is 2.04. The van der Waals surface area contributed by atoms with Crippen LogP contribution < -0.4 is 5.48 Å². The second kappa shape index (κ2) is 2.96. The van der Waals surface area contributed by atoms with Crippen LogP contribution in [0.15, 0.2) is 0 Å². The fraction of sp³-hybridized carbons (Fsp3) is 0.889. The number of ether oxygens (including phenoxy) is 1. The third-order valence-electron chi connectivity index (χ3n) is 3.31. The molecule has 13 heavy (non-hydrogen) atoms. The molecular formula is C9H15NO3. The van der Waals surface area contributed by atoms with Gasteiger partial charge in [-0.1, -0.05) is 0 Å². The molecule has 0 aromatic heterocycles. The molecule has 1 saturated heterocycles. The maximum absolute atomic E-state index is 11.2. The van der Waals surface area contributed by atoms with Crippen LogP contribution in [0.5, 0.6) is 0 Å². The van der Waals surface area contributed by atoms with Gasteiger partial charge < -0.3 is 4.74 Å². The first kappa shape index (κ1) is 8.97. The number of hydroxylamine groups is 1. The van der Waals surface area contributed by atoms with Crippen molar-refractivity contribution < 1.29 is 14.7 Å². The van der Waals surface area contributed by atoms with Gasteiger partial charge in [-0.2, -0.15) is 0 Å². The fourth-order valence-electron chi connectivity index (χ4n) is 2.50. The normalized spacial score (nSPS) is 43.2. The number of hydrogen-bond donors (Lipinski definition) is 2. The van der Waals surface area contributed by atoms with E-state index in [-0.39, 0.29) is 23.3 Å². The largest absolute Gasteiger partial charge is 0.378 e. The van der Waals surface area contributed by atoms with E-state index >= 15 is 0 Å². The first-order valence-corrected chi connectivity index (χ1v) is 4.73. The van der Waals surface area contributed by atoms with E-state index in [1.807, 2.05) is 6.92 Å². The van der Waals surface area contributed by atoms with E-state index in [0.717, 1.165) is 25.9 Å². The van der Waals surface area contributed by atoms with Gasteiger partial charge in [-0.05, 0) is 31.6 Å². The van der Waals surface area contributed by atoms with E-state index < -0.39 is 0 Å². The van der Waals surface area contributed by atoms with E-state index in [2.05, 4.69) is 0 Å². The van der Waals surface area contributed by atoms with Crippen LogP contribution in [0, 0.1) is 11.3 Å². The molecule has 0 bridgehead atoms. The third-order valence-corrected chi connectivity index (χ3v) is 3.31. The highest BCUT2D eigenvalue weighted by atomic mass is 16.5. The molecule has 74 valence electrons. The first-order valence-electron chi connectivity index (χ1n) is 4.73. The third kappa shape index (κ3) is 1.44. The maximum Gasteiger partial charge on any atom is 0.247 e. The van der Waals surface area contributed by atoms with Crippen molar-refractivity contribution in [3.05, 3.63) is 0 Å². The lowest BCUT2D eigenvalue weighted by Gasteiger charge is -2.27. The van der Waals surface area contributed by atoms with Gasteiger partial charge in [0.2, 0.25) is 5.91 Å². The Morgan fingerprint density at radius 3 is 3.00 bits per heavy atom. The monoisotopic (exact) mass is 185 g/mol. The molecule has 1 amide bonds. The van der Waals surface area contributed by atoms with Gasteiger partial charge in [0, 0.05) is 12.5 Å². The molecule has 1 saturated carbocycles. The Hall–Kier alpha value is -0.610. The van der Waals surface area contributed by atoms with Crippen molar-refractivity contribution in [3.63, 3.8) is 0 Å². The summed E-state index contributed by atoms with van der Waals surface area (Å²) in [6.45, 7) is 2.78. The Labute approximate surface area is 77.2 Å². The summed E-state index contributed by atoms with van der Waals surface area (Å²) in [6, 6.07) is 0. The van der Waals surface area contributed by atoms with E-state index in [4.69, 9.17) is 9.94 Å². The van der Waals surface area contributed by atoms with E-state index in [1.54, 1.807) is 5.48 Å². The maximum atomic E-state index is 11.2. The highest BCUT2D eigenvalue weighted by Crippen LogP contribution is 2.60. The van der Waals surface area contributed by atoms with Crippen molar-refractivity contribution in [1.82, 2.24) is 5.48 Å². The molecule has 0 radical (unpaired) electrons. The van der Waals surface area contributed by atoms with Crippen molar-refractivity contribution >= 4 is 5.91 Å². The molecule has 1 aliphatic heterocycles. The summed E-state index contributed by atoms with van der Waals surface area (Å²) in [6.07, 6.45) is 3.07. The van der Waals surface area contributed by atoms with Crippen LogP contribution >= 0.6 is 0 Å². The number of amides is 1. The molecule has 3 unspecified atom stereocenters. The summed E-state index contributed by atoms with van der Waals surface area (Å²) < 4.78 is 5.42. The average molecular weight is 185 g/mol. The molecule has 0 aromatic carbocycles. The Morgan fingerprint density at radius 1 is 1.62 bits per heavy atom. The summed E-state index contributed by atoms with van der Waals surface area (Å²) in [4.78, 5) is 11.2. The van der Waals surface area contributed by atoms with E-state index in [1.165, 1.54) is 0 Å². The second-order valence-corrected chi connectivity index (χ2v) is 4.23. The topological polar surface area (TPSA) is 58.6 Å². The number of hydrogen-bond acceptors (Lipinski definition) is 3. The Balaban J connectivity index is 1.97. The van der Waals surface area contributed by atoms with Crippen molar-refractivity contribution in [1.29, 1.82) is 0 Å². The number of rotatable bonds is 1. The zero-order valence-corrected chi connectivity index (χ0v) is 7.75. The average Bonchev–Trinajstić information content (AvgIpc) is 2.78. The lowest BCUT2D eigenvalue weighted by atomic mass is 9.90. The van der Waals surface area contributed by atoms with Gasteiger partial charge in [-0.25, -0.2) is 5.48 Å². The predicted octanol–water partition coefficient (Wildman–Crippen LogP) is 0.697. The molecule has 2 aliphatic rings. The SMILES string of the molecule is CC1CC2(CCO1)CC2C(=O)NO. The van der Waals surface area contributed by atoms with Crippen LogP contribution in [-0.2, 0) is 9.53 Å². The minimum absolute atomic E-state index is 0.0175. The van der Waals surface area contributed by atoms with Gasteiger partial charge in [-0.3, -0.25) is 10.0 Å². The highest BCUT2D eigenvalue weighted by Gasteiger charge is 2.59. The molecule has 2 N–H and O–H groups in total. The molecule has 4 nitrogen and oxygen atoms in total. The molecule has 1 heterocycles. The summed E-state index contributed by atoms with van der Waals surface area (Å²) in [5.74, 6) is -0.210. The van der Waals surface area contributed by atoms with Crippen LogP contribution in [0.1, 0.15) is 26.2 Å². The molecule has 1 aliphatic carbocycles.